The Morgan fingerprint density at radius 1 is 0.706 bits per heavy atom. The first kappa shape index (κ1) is 23.5. The van der Waals surface area contributed by atoms with Gasteiger partial charge in [0.05, 0.1) is 0 Å². The number of para-hydroxylation sites is 2. The highest BCUT2D eigenvalue weighted by molar-refractivity contribution is 8.16. The van der Waals surface area contributed by atoms with E-state index in [1.807, 2.05) is 12.1 Å². The van der Waals surface area contributed by atoms with Gasteiger partial charge in [-0.3, -0.25) is 30.0 Å². The van der Waals surface area contributed by atoms with Crippen LogP contribution in [0.4, 0.5) is 11.4 Å². The van der Waals surface area contributed by atoms with Crippen molar-refractivity contribution in [1.82, 2.24) is 10.0 Å². The highest BCUT2D eigenvalue weighted by Crippen LogP contribution is 2.36. The first-order valence-corrected chi connectivity index (χ1v) is 12.0. The number of rotatable bonds is 7. The molecule has 10 nitrogen and oxygen atoms in total. The molecule has 4 N–H and O–H groups in total. The fourth-order valence-electron chi connectivity index (χ4n) is 3.38. The van der Waals surface area contributed by atoms with E-state index in [2.05, 4.69) is 10.6 Å². The summed E-state index contributed by atoms with van der Waals surface area (Å²) in [7, 11) is 0. The van der Waals surface area contributed by atoms with E-state index in [9.17, 15) is 19.2 Å². The Kier molecular flexibility index (Phi) is 6.98. The highest BCUT2D eigenvalue weighted by Gasteiger charge is 2.50. The molecule has 0 aliphatic carbocycles. The topological polar surface area (TPSA) is 147 Å². The smallest absolute Gasteiger partial charge is 0.262 e. The highest BCUT2D eigenvalue weighted by atomic mass is 32.2. The molecule has 2 aliphatic heterocycles. The molecule has 4 rings (SSSR count). The zero-order valence-electron chi connectivity index (χ0n) is 17.7. The molecule has 4 amide bonds. The quantitative estimate of drug-likeness (QED) is 0.464. The Morgan fingerprint density at radius 3 is 1.41 bits per heavy atom. The predicted molar refractivity (Wildman–Crippen MR) is 131 cm³/mol. The molecular weight excluding hydrogens is 476 g/mol. The molecule has 0 radical (unpaired) electrons. The SMILES string of the molecule is N=C1SC(CC(=O)Nc2ccccc2)C(=O)N1N1C(=N)SC(CC(=O)Nc2ccccc2)C1=O. The standard InChI is InChI=1S/C22H20N6O4S2/c23-21-27(19(31)15(33-21)11-17(29)25-13-7-3-1-4-8-13)28-20(32)16(34-22(28)24)12-18(30)26-14-9-5-2-6-10-14/h1-10,15-16,23-24H,11-12H2,(H,25,29)(H,26,30). The summed E-state index contributed by atoms with van der Waals surface area (Å²) >= 11 is 1.70. The number of nitrogens with zero attached hydrogens (tertiary/aromatic N) is 2. The summed E-state index contributed by atoms with van der Waals surface area (Å²) in [5, 5.41) is 21.1. The van der Waals surface area contributed by atoms with Crippen LogP contribution in [0.2, 0.25) is 0 Å². The van der Waals surface area contributed by atoms with Crippen LogP contribution in [0.5, 0.6) is 0 Å². The maximum atomic E-state index is 13.0. The number of anilines is 2. The second-order valence-electron chi connectivity index (χ2n) is 7.36. The van der Waals surface area contributed by atoms with Crippen LogP contribution in [0.25, 0.3) is 0 Å². The molecule has 2 aromatic rings. The van der Waals surface area contributed by atoms with Gasteiger partial charge in [0.2, 0.25) is 11.8 Å². The van der Waals surface area contributed by atoms with Gasteiger partial charge in [0.15, 0.2) is 10.3 Å². The molecule has 0 spiro atoms. The first-order valence-electron chi connectivity index (χ1n) is 10.2. The molecule has 2 fully saturated rings. The lowest BCUT2D eigenvalue weighted by molar-refractivity contribution is -0.146. The van der Waals surface area contributed by atoms with Gasteiger partial charge in [0.25, 0.3) is 11.8 Å². The molecule has 12 heteroatoms. The second-order valence-corrected chi connectivity index (χ2v) is 9.74. The third-order valence-electron chi connectivity index (χ3n) is 4.92. The second kappa shape index (κ2) is 10.1. The number of benzene rings is 2. The summed E-state index contributed by atoms with van der Waals surface area (Å²) < 4.78 is 0. The maximum Gasteiger partial charge on any atom is 0.262 e. The first-order chi connectivity index (χ1) is 16.3. The number of hydrazine groups is 1. The van der Waals surface area contributed by atoms with E-state index in [1.165, 1.54) is 0 Å². The number of carbonyl (C=O) groups is 4. The van der Waals surface area contributed by atoms with Crippen LogP contribution >= 0.6 is 23.5 Å². The average molecular weight is 497 g/mol. The van der Waals surface area contributed by atoms with Crippen LogP contribution in [0.3, 0.4) is 0 Å². The Morgan fingerprint density at radius 2 is 1.06 bits per heavy atom. The third kappa shape index (κ3) is 5.13. The van der Waals surface area contributed by atoms with Crippen molar-refractivity contribution in [2.45, 2.75) is 23.3 Å². The summed E-state index contributed by atoms with van der Waals surface area (Å²) in [6.07, 6.45) is -0.384. The lowest BCUT2D eigenvalue weighted by Gasteiger charge is -2.25. The molecule has 2 aliphatic rings. The van der Waals surface area contributed by atoms with Crippen molar-refractivity contribution in [3.8, 4) is 0 Å². The molecule has 0 bridgehead atoms. The molecular formula is C22H20N6O4S2. The van der Waals surface area contributed by atoms with Crippen molar-refractivity contribution < 1.29 is 19.2 Å². The molecule has 2 aromatic carbocycles. The normalized spacial score (nSPS) is 20.1. The van der Waals surface area contributed by atoms with E-state index in [-0.39, 0.29) is 23.2 Å². The minimum Gasteiger partial charge on any atom is -0.326 e. The van der Waals surface area contributed by atoms with Gasteiger partial charge in [-0.2, -0.15) is 10.0 Å². The van der Waals surface area contributed by atoms with Crippen molar-refractivity contribution in [3.05, 3.63) is 60.7 Å². The van der Waals surface area contributed by atoms with E-state index < -0.39 is 34.1 Å². The van der Waals surface area contributed by atoms with Gasteiger partial charge in [0.1, 0.15) is 10.5 Å². The van der Waals surface area contributed by atoms with E-state index in [0.717, 1.165) is 33.5 Å². The van der Waals surface area contributed by atoms with Gasteiger partial charge in [-0.25, -0.2) is 0 Å². The average Bonchev–Trinajstić information content (AvgIpc) is 3.22. The van der Waals surface area contributed by atoms with E-state index in [0.29, 0.717) is 11.4 Å². The van der Waals surface area contributed by atoms with Crippen molar-refractivity contribution in [2.24, 2.45) is 0 Å². The lowest BCUT2D eigenvalue weighted by atomic mass is 10.2. The molecule has 2 atom stereocenters. The van der Waals surface area contributed by atoms with Crippen molar-refractivity contribution >= 4 is 68.9 Å². The van der Waals surface area contributed by atoms with Crippen LogP contribution in [0.1, 0.15) is 12.8 Å². The van der Waals surface area contributed by atoms with Gasteiger partial charge >= 0.3 is 0 Å². The van der Waals surface area contributed by atoms with Crippen molar-refractivity contribution in [2.75, 3.05) is 10.6 Å². The van der Waals surface area contributed by atoms with Crippen LogP contribution in [-0.2, 0) is 19.2 Å². The maximum absolute atomic E-state index is 13.0. The summed E-state index contributed by atoms with van der Waals surface area (Å²) in [5.41, 5.74) is 1.17. The monoisotopic (exact) mass is 496 g/mol. The molecule has 2 saturated heterocycles. The zero-order chi connectivity index (χ0) is 24.2. The van der Waals surface area contributed by atoms with Crippen LogP contribution in [-0.4, -0.2) is 54.5 Å². The Bertz CT molecular complexity index is 1070. The Labute approximate surface area is 203 Å². The fourth-order valence-corrected chi connectivity index (χ4v) is 5.34. The molecule has 2 heterocycles. The van der Waals surface area contributed by atoms with Crippen LogP contribution in [0.15, 0.2) is 60.7 Å². The predicted octanol–water partition coefficient (Wildman–Crippen LogP) is 2.72. The lowest BCUT2D eigenvalue weighted by Crippen LogP contribution is -2.50. The number of hydrogen-bond acceptors (Lipinski definition) is 8. The van der Waals surface area contributed by atoms with E-state index in [4.69, 9.17) is 10.8 Å². The Balaban J connectivity index is 1.38. The van der Waals surface area contributed by atoms with Gasteiger partial charge < -0.3 is 10.6 Å². The fraction of sp³-hybridized carbons (Fsp3) is 0.182. The summed E-state index contributed by atoms with van der Waals surface area (Å²) in [4.78, 5) is 50.6. The summed E-state index contributed by atoms with van der Waals surface area (Å²) in [6, 6.07) is 17.5. The molecule has 2 unspecified atom stereocenters. The minimum absolute atomic E-state index is 0.192. The number of carbonyl (C=O) groups excluding carboxylic acids is 4. The number of amidine groups is 2. The Hall–Kier alpha value is -3.64. The molecule has 0 saturated carbocycles. The van der Waals surface area contributed by atoms with Gasteiger partial charge in [0, 0.05) is 24.2 Å². The van der Waals surface area contributed by atoms with Crippen molar-refractivity contribution in [1.29, 1.82) is 10.8 Å². The molecule has 174 valence electrons. The number of amides is 4. The number of hydrogen-bond donors (Lipinski definition) is 4. The van der Waals surface area contributed by atoms with Gasteiger partial charge in [-0.05, 0) is 24.3 Å². The minimum atomic E-state index is -0.901. The summed E-state index contributed by atoms with van der Waals surface area (Å²) in [5.74, 6) is -2.07. The van der Waals surface area contributed by atoms with Gasteiger partial charge in [-0.15, -0.1) is 0 Å². The van der Waals surface area contributed by atoms with E-state index in [1.54, 1.807) is 48.5 Å². The molecule has 34 heavy (non-hydrogen) atoms. The third-order valence-corrected chi connectivity index (χ3v) is 7.02. The van der Waals surface area contributed by atoms with Crippen LogP contribution in [0, 0.1) is 10.8 Å². The van der Waals surface area contributed by atoms with Crippen LogP contribution < -0.4 is 10.6 Å². The number of nitrogens with one attached hydrogen (secondary N) is 4. The molecule has 0 aromatic heterocycles. The van der Waals surface area contributed by atoms with Gasteiger partial charge in [-0.1, -0.05) is 59.9 Å². The van der Waals surface area contributed by atoms with Crippen molar-refractivity contribution in [3.63, 3.8) is 0 Å². The zero-order valence-corrected chi connectivity index (χ0v) is 19.3. The number of thioether (sulfide) groups is 2. The summed E-state index contributed by atoms with van der Waals surface area (Å²) in [6.45, 7) is 0. The largest absolute Gasteiger partial charge is 0.326 e. The van der Waals surface area contributed by atoms with E-state index >= 15 is 0 Å².